The van der Waals surface area contributed by atoms with E-state index in [1.807, 2.05) is 32.0 Å². The van der Waals surface area contributed by atoms with Crippen LogP contribution in [0.5, 0.6) is 11.5 Å². The van der Waals surface area contributed by atoms with Crippen molar-refractivity contribution in [3.8, 4) is 11.5 Å². The third-order valence-corrected chi connectivity index (χ3v) is 5.72. The fraction of sp³-hybridized carbons (Fsp3) is 0.350. The summed E-state index contributed by atoms with van der Waals surface area (Å²) in [5, 5.41) is 2.87. The first-order valence-electron chi connectivity index (χ1n) is 8.84. The summed E-state index contributed by atoms with van der Waals surface area (Å²) in [4.78, 5) is 12.3. The number of carbonyl (C=O) groups is 1. The van der Waals surface area contributed by atoms with Crippen LogP contribution in [0.2, 0.25) is 0 Å². The third-order valence-electron chi connectivity index (χ3n) is 4.24. The van der Waals surface area contributed by atoms with Crippen LogP contribution in [0.3, 0.4) is 0 Å². The van der Waals surface area contributed by atoms with Gasteiger partial charge in [0.25, 0.3) is 0 Å². The number of hydrogen-bond donors (Lipinski definition) is 2. The highest BCUT2D eigenvalue weighted by molar-refractivity contribution is 7.89. The van der Waals surface area contributed by atoms with Crippen molar-refractivity contribution in [3.05, 3.63) is 53.6 Å². The molecular formula is C20H26N2O5S. The molecule has 0 saturated carbocycles. The molecule has 0 saturated heterocycles. The maximum Gasteiger partial charge on any atom is 0.240 e. The lowest BCUT2D eigenvalue weighted by Gasteiger charge is -2.18. The Morgan fingerprint density at radius 2 is 1.75 bits per heavy atom. The number of nitrogens with one attached hydrogen (secondary N) is 2. The molecule has 2 rings (SSSR count). The van der Waals surface area contributed by atoms with Crippen molar-refractivity contribution in [2.75, 3.05) is 20.8 Å². The molecule has 0 aromatic heterocycles. The number of ether oxygens (including phenoxy) is 2. The normalized spacial score (nSPS) is 12.3. The molecule has 7 nitrogen and oxygen atoms in total. The van der Waals surface area contributed by atoms with Crippen LogP contribution in [0.1, 0.15) is 30.5 Å². The molecule has 0 aliphatic carbocycles. The Labute approximate surface area is 166 Å². The molecule has 8 heteroatoms. The number of amides is 1. The summed E-state index contributed by atoms with van der Waals surface area (Å²) in [6.45, 7) is 3.82. The molecular weight excluding hydrogens is 380 g/mol. The van der Waals surface area contributed by atoms with Gasteiger partial charge in [0.2, 0.25) is 15.9 Å². The van der Waals surface area contributed by atoms with Gasteiger partial charge in [-0.3, -0.25) is 4.79 Å². The molecule has 0 bridgehead atoms. The Hall–Kier alpha value is -2.58. The van der Waals surface area contributed by atoms with Gasteiger partial charge in [-0.25, -0.2) is 13.1 Å². The SMILES string of the molecule is COc1ccc(S(=O)(=O)NCCC(=O)NC(C)c2cc(C)ccc2OC)cc1. The minimum atomic E-state index is -3.68. The van der Waals surface area contributed by atoms with Crippen molar-refractivity contribution >= 4 is 15.9 Å². The van der Waals surface area contributed by atoms with Gasteiger partial charge in [0.15, 0.2) is 0 Å². The fourth-order valence-corrected chi connectivity index (χ4v) is 3.75. The van der Waals surface area contributed by atoms with Gasteiger partial charge in [-0.2, -0.15) is 0 Å². The minimum absolute atomic E-state index is 0.00211. The maximum absolute atomic E-state index is 12.3. The van der Waals surface area contributed by atoms with Crippen molar-refractivity contribution in [2.45, 2.75) is 31.2 Å². The van der Waals surface area contributed by atoms with Crippen LogP contribution in [0.25, 0.3) is 0 Å². The Kier molecular flexibility index (Phi) is 7.42. The van der Waals surface area contributed by atoms with Gasteiger partial charge in [0, 0.05) is 18.5 Å². The van der Waals surface area contributed by atoms with E-state index in [2.05, 4.69) is 10.0 Å². The van der Waals surface area contributed by atoms with Crippen molar-refractivity contribution in [3.63, 3.8) is 0 Å². The second-order valence-corrected chi connectivity index (χ2v) is 8.12. The Balaban J connectivity index is 1.90. The van der Waals surface area contributed by atoms with E-state index in [4.69, 9.17) is 9.47 Å². The van der Waals surface area contributed by atoms with Gasteiger partial charge in [0.05, 0.1) is 25.2 Å². The van der Waals surface area contributed by atoms with E-state index in [1.165, 1.54) is 19.2 Å². The number of benzene rings is 2. The van der Waals surface area contributed by atoms with Gasteiger partial charge < -0.3 is 14.8 Å². The van der Waals surface area contributed by atoms with Gasteiger partial charge >= 0.3 is 0 Å². The van der Waals surface area contributed by atoms with Gasteiger partial charge in [-0.05, 0) is 44.2 Å². The monoisotopic (exact) mass is 406 g/mol. The summed E-state index contributed by atoms with van der Waals surface area (Å²) in [6.07, 6.45) is 0.0217. The fourth-order valence-electron chi connectivity index (χ4n) is 2.72. The van der Waals surface area contributed by atoms with Crippen LogP contribution in [-0.2, 0) is 14.8 Å². The number of rotatable bonds is 9. The number of carbonyl (C=O) groups excluding carboxylic acids is 1. The minimum Gasteiger partial charge on any atom is -0.497 e. The molecule has 0 heterocycles. The molecule has 2 aromatic rings. The van der Waals surface area contributed by atoms with Crippen LogP contribution in [0, 0.1) is 6.92 Å². The first-order valence-corrected chi connectivity index (χ1v) is 10.3. The van der Waals surface area contributed by atoms with Crippen molar-refractivity contribution in [1.82, 2.24) is 10.0 Å². The predicted molar refractivity (Wildman–Crippen MR) is 107 cm³/mol. The summed E-state index contributed by atoms with van der Waals surface area (Å²) in [6, 6.07) is 11.5. The zero-order chi connectivity index (χ0) is 20.7. The predicted octanol–water partition coefficient (Wildman–Crippen LogP) is 2.56. The molecule has 0 aliphatic heterocycles. The summed E-state index contributed by atoms with van der Waals surface area (Å²) >= 11 is 0. The second-order valence-electron chi connectivity index (χ2n) is 6.36. The average Bonchev–Trinajstić information content (AvgIpc) is 2.67. The van der Waals surface area contributed by atoms with Gasteiger partial charge in [-0.15, -0.1) is 0 Å². The van der Waals surface area contributed by atoms with E-state index in [0.717, 1.165) is 11.1 Å². The van der Waals surface area contributed by atoms with Crippen LogP contribution >= 0.6 is 0 Å². The summed E-state index contributed by atoms with van der Waals surface area (Å²) in [5.74, 6) is 1.01. The lowest BCUT2D eigenvalue weighted by atomic mass is 10.0. The Morgan fingerprint density at radius 3 is 2.36 bits per heavy atom. The molecule has 1 unspecified atom stereocenters. The summed E-state index contributed by atoms with van der Waals surface area (Å²) in [5.41, 5.74) is 1.93. The molecule has 1 amide bonds. The van der Waals surface area contributed by atoms with E-state index in [9.17, 15) is 13.2 Å². The molecule has 152 valence electrons. The van der Waals surface area contributed by atoms with Crippen molar-refractivity contribution < 1.29 is 22.7 Å². The standard InChI is InChI=1S/C20H26N2O5S/c1-14-5-10-19(27-4)18(13-14)15(2)22-20(23)11-12-21-28(24,25)17-8-6-16(26-3)7-9-17/h5-10,13,15,21H,11-12H2,1-4H3,(H,22,23). The van der Waals surface area contributed by atoms with E-state index in [1.54, 1.807) is 19.2 Å². The largest absolute Gasteiger partial charge is 0.497 e. The highest BCUT2D eigenvalue weighted by Gasteiger charge is 2.17. The molecule has 2 aromatic carbocycles. The van der Waals surface area contributed by atoms with Crippen molar-refractivity contribution in [2.24, 2.45) is 0 Å². The molecule has 0 fully saturated rings. The molecule has 2 N–H and O–H groups in total. The lowest BCUT2D eigenvalue weighted by Crippen LogP contribution is -2.32. The molecule has 0 aliphatic rings. The van der Waals surface area contributed by atoms with E-state index in [-0.39, 0.29) is 29.8 Å². The van der Waals surface area contributed by atoms with E-state index < -0.39 is 10.0 Å². The maximum atomic E-state index is 12.3. The van der Waals surface area contributed by atoms with Crippen LogP contribution in [0.4, 0.5) is 0 Å². The topological polar surface area (TPSA) is 93.7 Å². The smallest absolute Gasteiger partial charge is 0.240 e. The first kappa shape index (κ1) is 21.7. The third kappa shape index (κ3) is 5.71. The molecule has 0 spiro atoms. The van der Waals surface area contributed by atoms with Crippen LogP contribution in [-0.4, -0.2) is 35.1 Å². The quantitative estimate of drug-likeness (QED) is 0.668. The van der Waals surface area contributed by atoms with Gasteiger partial charge in [0.1, 0.15) is 11.5 Å². The van der Waals surface area contributed by atoms with Crippen molar-refractivity contribution in [1.29, 1.82) is 0 Å². The molecule has 28 heavy (non-hydrogen) atoms. The zero-order valence-electron chi connectivity index (χ0n) is 16.5. The highest BCUT2D eigenvalue weighted by Crippen LogP contribution is 2.26. The van der Waals surface area contributed by atoms with E-state index >= 15 is 0 Å². The number of sulfonamides is 1. The Bertz CT molecular complexity index is 911. The first-order chi connectivity index (χ1) is 13.3. The number of hydrogen-bond acceptors (Lipinski definition) is 5. The summed E-state index contributed by atoms with van der Waals surface area (Å²) in [7, 11) is -0.596. The summed E-state index contributed by atoms with van der Waals surface area (Å²) < 4.78 is 37.3. The average molecular weight is 407 g/mol. The molecule has 0 radical (unpaired) electrons. The highest BCUT2D eigenvalue weighted by atomic mass is 32.2. The zero-order valence-corrected chi connectivity index (χ0v) is 17.3. The lowest BCUT2D eigenvalue weighted by molar-refractivity contribution is -0.121. The Morgan fingerprint density at radius 1 is 1.07 bits per heavy atom. The number of methoxy groups -OCH3 is 2. The second kappa shape index (κ2) is 9.57. The molecule has 1 atom stereocenters. The van der Waals surface area contributed by atoms with Gasteiger partial charge in [-0.1, -0.05) is 17.7 Å². The van der Waals surface area contributed by atoms with E-state index in [0.29, 0.717) is 11.5 Å². The number of aryl methyl sites for hydroxylation is 1. The van der Waals surface area contributed by atoms with Crippen LogP contribution in [0.15, 0.2) is 47.4 Å². The van der Waals surface area contributed by atoms with Crippen LogP contribution < -0.4 is 19.5 Å².